The van der Waals surface area contributed by atoms with Crippen molar-refractivity contribution < 1.29 is 14.3 Å². The van der Waals surface area contributed by atoms with E-state index in [1.807, 2.05) is 0 Å². The van der Waals surface area contributed by atoms with Crippen LogP contribution in [-0.4, -0.2) is 16.0 Å². The average molecular weight is 221 g/mol. The predicted molar refractivity (Wildman–Crippen MR) is 48.0 cm³/mol. The highest BCUT2D eigenvalue weighted by molar-refractivity contribution is 7.16. The topological polar surface area (TPSA) is 54.4 Å². The Balaban J connectivity index is 0. The zero-order valence-electron chi connectivity index (χ0n) is 6.09. The summed E-state index contributed by atoms with van der Waals surface area (Å²) in [5, 5.41) is -0.300. The molecule has 1 N–H and O–H groups in total. The zero-order chi connectivity index (χ0) is 9.28. The van der Waals surface area contributed by atoms with Crippen LogP contribution in [0.2, 0.25) is 0 Å². The molecule has 0 amide bonds. The Morgan fingerprint density at radius 2 is 2.09 bits per heavy atom. The molecule has 0 aliphatic carbocycles. The molecule has 0 aromatic carbocycles. The Bertz CT molecular complexity index is 120. The molecule has 0 spiro atoms. The monoisotopic (exact) mass is 220 g/mol. The van der Waals surface area contributed by atoms with E-state index in [9.17, 15) is 4.79 Å². The molecule has 68 valence electrons. The van der Waals surface area contributed by atoms with Gasteiger partial charge in [0.2, 0.25) is 5.24 Å². The van der Waals surface area contributed by atoms with Crippen LogP contribution < -0.4 is 0 Å². The van der Waals surface area contributed by atoms with Gasteiger partial charge in [-0.1, -0.05) is 6.92 Å². The van der Waals surface area contributed by atoms with E-state index in [0.29, 0.717) is 12.3 Å². The minimum Gasteiger partial charge on any atom is -0.348 e. The maximum absolute atomic E-state index is 10.2. The molecule has 0 saturated heterocycles. The van der Waals surface area contributed by atoms with Crippen LogP contribution in [0.25, 0.3) is 0 Å². The first kappa shape index (κ1) is 14.0. The van der Waals surface area contributed by atoms with E-state index in [1.54, 1.807) is 6.92 Å². The third kappa shape index (κ3) is 13.4. The third-order valence-electron chi connectivity index (χ3n) is 0.930. The molecule has 6 heteroatoms. The van der Waals surface area contributed by atoms with Crippen molar-refractivity contribution >= 4 is 37.1 Å². The molecule has 2 atom stereocenters. The highest BCUT2D eigenvalue weighted by Gasteiger charge is 2.06. The summed E-state index contributed by atoms with van der Waals surface area (Å²) in [5.74, 6) is 0.411. The molecule has 0 heterocycles. The van der Waals surface area contributed by atoms with Gasteiger partial charge in [0.1, 0.15) is 0 Å². The predicted octanol–water partition coefficient (Wildman–Crippen LogP) is 1.67. The first-order chi connectivity index (χ1) is 5.09. The number of hydrogen-bond donors (Lipinski definition) is 1. The van der Waals surface area contributed by atoms with Gasteiger partial charge in [-0.05, 0) is 18.0 Å². The van der Waals surface area contributed by atoms with Crippen molar-refractivity contribution in [2.24, 2.45) is 5.92 Å². The van der Waals surface area contributed by atoms with Gasteiger partial charge in [-0.25, -0.2) is 0 Å². The fraction of sp³-hybridized carbons (Fsp3) is 0.800. The van der Waals surface area contributed by atoms with Gasteiger partial charge in [-0.2, -0.15) is 0 Å². The second-order valence-electron chi connectivity index (χ2n) is 1.79. The number of alkyl halides is 1. The molecular weight excluding hydrogens is 210 g/mol. The zero-order valence-corrected chi connectivity index (χ0v) is 8.76. The average Bonchev–Trinajstić information content (AvgIpc) is 1.90. The van der Waals surface area contributed by atoms with Crippen molar-refractivity contribution in [2.45, 2.75) is 13.3 Å². The van der Waals surface area contributed by atoms with Gasteiger partial charge in [0, 0.05) is 11.8 Å². The summed E-state index contributed by atoms with van der Waals surface area (Å²) in [6.07, 6.45) is 0.671. The summed E-state index contributed by atoms with van der Waals surface area (Å²) in [5.41, 5.74) is 0. The largest absolute Gasteiger partial charge is 0.348 e. The Kier molecular flexibility index (Phi) is 13.3. The van der Waals surface area contributed by atoms with Crippen LogP contribution in [0, 0.1) is 5.92 Å². The van der Waals surface area contributed by atoms with E-state index in [-0.39, 0.29) is 11.2 Å². The molecule has 0 aromatic rings. The van der Waals surface area contributed by atoms with Gasteiger partial charge in [0.15, 0.2) is 8.69 Å². The number of hydrogen-bond acceptors (Lipinski definition) is 2. The van der Waals surface area contributed by atoms with Crippen LogP contribution in [0.5, 0.6) is 0 Å². The maximum atomic E-state index is 10.2. The smallest absolute Gasteiger partial charge is 0.224 e. The van der Waals surface area contributed by atoms with Crippen molar-refractivity contribution in [3.63, 3.8) is 0 Å². The lowest BCUT2D eigenvalue weighted by Gasteiger charge is -1.98. The molecule has 2 unspecified atom stereocenters. The van der Waals surface area contributed by atoms with Crippen molar-refractivity contribution in [3.8, 4) is 0 Å². The second-order valence-corrected chi connectivity index (χ2v) is 2.75. The quantitative estimate of drug-likeness (QED) is 0.448. The van der Waals surface area contributed by atoms with E-state index in [2.05, 4.69) is 0 Å². The maximum Gasteiger partial charge on any atom is 0.224 e. The highest BCUT2D eigenvalue weighted by Crippen LogP contribution is 2.06. The van der Waals surface area contributed by atoms with Gasteiger partial charge in [-0.15, -0.1) is 11.6 Å². The van der Waals surface area contributed by atoms with E-state index >= 15 is 0 Å². The minimum atomic E-state index is -1.50. The van der Waals surface area contributed by atoms with E-state index in [0.717, 1.165) is 0 Å². The van der Waals surface area contributed by atoms with E-state index in [4.69, 9.17) is 32.7 Å². The number of halogens is 2. The minimum absolute atomic E-state index is 0.0887. The SMILES string of the molecule is CC(CCCl)C(=O)Cl.O=[PH2]O. The molecule has 0 bridgehead atoms. The molecule has 0 rings (SSSR count). The second kappa shape index (κ2) is 10.4. The summed E-state index contributed by atoms with van der Waals surface area (Å²) in [7, 11) is -1.50. The Morgan fingerprint density at radius 3 is 2.18 bits per heavy atom. The Hall–Kier alpha value is 0.440. The number of rotatable bonds is 3. The van der Waals surface area contributed by atoms with Gasteiger partial charge < -0.3 is 4.89 Å². The number of carbonyl (C=O) groups excluding carboxylic acids is 1. The van der Waals surface area contributed by atoms with Gasteiger partial charge in [0.05, 0.1) is 0 Å². The van der Waals surface area contributed by atoms with Crippen molar-refractivity contribution in [1.82, 2.24) is 0 Å². The molecule has 11 heavy (non-hydrogen) atoms. The lowest BCUT2D eigenvalue weighted by molar-refractivity contribution is -0.114. The highest BCUT2D eigenvalue weighted by atomic mass is 35.5. The number of carbonyl (C=O) groups is 1. The molecule has 0 saturated carbocycles. The van der Waals surface area contributed by atoms with Gasteiger partial charge in [0.25, 0.3) is 0 Å². The van der Waals surface area contributed by atoms with Gasteiger partial charge >= 0.3 is 0 Å². The van der Waals surface area contributed by atoms with Crippen LogP contribution >= 0.6 is 31.9 Å². The molecule has 0 fully saturated rings. The lowest BCUT2D eigenvalue weighted by atomic mass is 10.1. The molecule has 0 radical (unpaired) electrons. The van der Waals surface area contributed by atoms with Crippen molar-refractivity contribution in [2.75, 3.05) is 5.88 Å². The molecule has 0 aliphatic heterocycles. The molecule has 0 aliphatic rings. The molecule has 3 nitrogen and oxygen atoms in total. The summed E-state index contributed by atoms with van der Waals surface area (Å²) < 4.78 is 8.57. The van der Waals surface area contributed by atoms with Crippen LogP contribution in [-0.2, 0) is 9.36 Å². The van der Waals surface area contributed by atoms with Crippen LogP contribution in [0.15, 0.2) is 0 Å². The van der Waals surface area contributed by atoms with Crippen LogP contribution in [0.4, 0.5) is 0 Å². The third-order valence-corrected chi connectivity index (χ3v) is 1.52. The first-order valence-electron chi connectivity index (χ1n) is 2.93. The van der Waals surface area contributed by atoms with Crippen LogP contribution in [0.3, 0.4) is 0 Å². The Labute approximate surface area is 77.0 Å². The fourth-order valence-corrected chi connectivity index (χ4v) is 0.714. The standard InChI is InChI=1S/C5H8Cl2O.H3O2P/c1-4(2-3-6)5(7)8;1-3-2/h4H,2-3H2,1H3;3H2,(H,1,2). The summed E-state index contributed by atoms with van der Waals surface area (Å²) in [6, 6.07) is 0. The summed E-state index contributed by atoms with van der Waals surface area (Å²) >= 11 is 10.4. The molecule has 0 aromatic heterocycles. The van der Waals surface area contributed by atoms with Crippen molar-refractivity contribution in [3.05, 3.63) is 0 Å². The van der Waals surface area contributed by atoms with Gasteiger partial charge in [-0.3, -0.25) is 9.36 Å². The van der Waals surface area contributed by atoms with Crippen molar-refractivity contribution in [1.29, 1.82) is 0 Å². The lowest BCUT2D eigenvalue weighted by Crippen LogP contribution is -2.03. The summed E-state index contributed by atoms with van der Waals surface area (Å²) in [4.78, 5) is 17.3. The van der Waals surface area contributed by atoms with Crippen LogP contribution in [0.1, 0.15) is 13.3 Å². The Morgan fingerprint density at radius 1 is 1.73 bits per heavy atom. The normalized spacial score (nSPS) is 12.4. The van der Waals surface area contributed by atoms with E-state index < -0.39 is 8.69 Å². The molecular formula is C5H11Cl2O3P. The first-order valence-corrected chi connectivity index (χ1v) is 4.83. The fourth-order valence-electron chi connectivity index (χ4n) is 0.277. The van der Waals surface area contributed by atoms with E-state index in [1.165, 1.54) is 0 Å². The summed E-state index contributed by atoms with van der Waals surface area (Å²) in [6.45, 7) is 1.76.